The van der Waals surface area contributed by atoms with Crippen LogP contribution in [0.5, 0.6) is 0 Å². The van der Waals surface area contributed by atoms with Gasteiger partial charge in [-0.2, -0.15) is 0 Å². The molecule has 1 aliphatic heterocycles. The van der Waals surface area contributed by atoms with Gasteiger partial charge in [-0.3, -0.25) is 4.90 Å². The first-order valence-electron chi connectivity index (χ1n) is 8.23. The molecule has 0 bridgehead atoms. The minimum Gasteiger partial charge on any atom is -0.369 e. The third kappa shape index (κ3) is 5.64. The normalized spacial score (nSPS) is 16.4. The Hall–Kier alpha value is -1.13. The van der Waals surface area contributed by atoms with Crippen molar-refractivity contribution in [2.45, 2.75) is 26.2 Å². The molecule has 21 heavy (non-hydrogen) atoms. The smallest absolute Gasteiger partial charge is 0.123 e. The Morgan fingerprint density at radius 3 is 2.38 bits per heavy atom. The van der Waals surface area contributed by atoms with Gasteiger partial charge >= 0.3 is 0 Å². The van der Waals surface area contributed by atoms with Gasteiger partial charge in [-0.25, -0.2) is 4.39 Å². The van der Waals surface area contributed by atoms with E-state index in [1.165, 1.54) is 25.8 Å². The van der Waals surface area contributed by atoms with Crippen molar-refractivity contribution in [3.63, 3.8) is 0 Å². The van der Waals surface area contributed by atoms with Crippen LogP contribution in [0, 0.1) is 5.82 Å². The second-order valence-corrected chi connectivity index (χ2v) is 5.72. The van der Waals surface area contributed by atoms with Crippen LogP contribution in [0.4, 0.5) is 10.1 Å². The van der Waals surface area contributed by atoms with Gasteiger partial charge in [-0.05, 0) is 56.7 Å². The first-order chi connectivity index (χ1) is 10.3. The maximum absolute atomic E-state index is 12.9. The van der Waals surface area contributed by atoms with Gasteiger partial charge in [0.25, 0.3) is 0 Å². The summed E-state index contributed by atoms with van der Waals surface area (Å²) in [5, 5.41) is 3.37. The van der Waals surface area contributed by atoms with E-state index < -0.39 is 0 Å². The van der Waals surface area contributed by atoms with Crippen LogP contribution in [-0.4, -0.2) is 50.7 Å². The first kappa shape index (κ1) is 16.2. The lowest BCUT2D eigenvalue weighted by Gasteiger charge is -2.36. The fourth-order valence-corrected chi connectivity index (χ4v) is 2.82. The molecule has 1 aromatic carbocycles. The van der Waals surface area contributed by atoms with Crippen LogP contribution in [0.2, 0.25) is 0 Å². The zero-order valence-electron chi connectivity index (χ0n) is 13.2. The summed E-state index contributed by atoms with van der Waals surface area (Å²) in [6, 6.07) is 6.86. The number of nitrogens with one attached hydrogen (secondary N) is 1. The minimum atomic E-state index is -0.157. The number of nitrogens with zero attached hydrogens (tertiary/aromatic N) is 2. The third-order valence-corrected chi connectivity index (χ3v) is 4.14. The third-order valence-electron chi connectivity index (χ3n) is 4.14. The van der Waals surface area contributed by atoms with Crippen molar-refractivity contribution in [3.05, 3.63) is 30.1 Å². The van der Waals surface area contributed by atoms with Crippen molar-refractivity contribution in [3.8, 4) is 0 Å². The summed E-state index contributed by atoms with van der Waals surface area (Å²) in [4.78, 5) is 4.90. The van der Waals surface area contributed by atoms with Crippen LogP contribution < -0.4 is 10.2 Å². The topological polar surface area (TPSA) is 18.5 Å². The number of halogens is 1. The molecule has 0 radical (unpaired) electrons. The average Bonchev–Trinajstić information content (AvgIpc) is 2.52. The Morgan fingerprint density at radius 1 is 1.00 bits per heavy atom. The Morgan fingerprint density at radius 2 is 1.71 bits per heavy atom. The molecule has 118 valence electrons. The van der Waals surface area contributed by atoms with Gasteiger partial charge in [-0.15, -0.1) is 0 Å². The fourth-order valence-electron chi connectivity index (χ4n) is 2.82. The molecule has 0 amide bonds. The van der Waals surface area contributed by atoms with E-state index in [0.717, 1.165) is 45.0 Å². The van der Waals surface area contributed by atoms with Crippen molar-refractivity contribution in [1.82, 2.24) is 10.2 Å². The number of unbranched alkanes of at least 4 members (excludes halogenated alkanes) is 2. The molecule has 1 saturated heterocycles. The monoisotopic (exact) mass is 293 g/mol. The molecule has 0 aromatic heterocycles. The maximum atomic E-state index is 12.9. The highest BCUT2D eigenvalue weighted by atomic mass is 19.1. The van der Waals surface area contributed by atoms with E-state index in [-0.39, 0.29) is 5.82 Å². The van der Waals surface area contributed by atoms with Crippen LogP contribution in [0.15, 0.2) is 24.3 Å². The molecular formula is C17H28FN3. The van der Waals surface area contributed by atoms with Crippen LogP contribution in [-0.2, 0) is 0 Å². The number of piperazine rings is 1. The number of rotatable bonds is 8. The Balaban J connectivity index is 1.61. The average molecular weight is 293 g/mol. The van der Waals surface area contributed by atoms with Gasteiger partial charge < -0.3 is 10.2 Å². The molecule has 1 N–H and O–H groups in total. The Bertz CT molecular complexity index is 386. The molecule has 3 nitrogen and oxygen atoms in total. The van der Waals surface area contributed by atoms with Crippen LogP contribution in [0.25, 0.3) is 0 Å². The van der Waals surface area contributed by atoms with Crippen molar-refractivity contribution in [2.75, 3.05) is 50.7 Å². The molecule has 1 heterocycles. The molecule has 0 aliphatic carbocycles. The predicted octanol–water partition coefficient (Wildman–Crippen LogP) is 2.73. The first-order valence-corrected chi connectivity index (χ1v) is 8.23. The minimum absolute atomic E-state index is 0.157. The predicted molar refractivity (Wildman–Crippen MR) is 87.4 cm³/mol. The van der Waals surface area contributed by atoms with Gasteiger partial charge in [0.05, 0.1) is 0 Å². The summed E-state index contributed by atoms with van der Waals surface area (Å²) in [6.07, 6.45) is 3.89. The summed E-state index contributed by atoms with van der Waals surface area (Å²) in [6.45, 7) is 9.91. The zero-order valence-corrected chi connectivity index (χ0v) is 13.2. The van der Waals surface area contributed by atoms with E-state index in [1.54, 1.807) is 12.1 Å². The van der Waals surface area contributed by atoms with Crippen molar-refractivity contribution >= 4 is 5.69 Å². The zero-order chi connectivity index (χ0) is 14.9. The van der Waals surface area contributed by atoms with Crippen molar-refractivity contribution < 1.29 is 4.39 Å². The van der Waals surface area contributed by atoms with E-state index in [0.29, 0.717) is 0 Å². The molecule has 0 unspecified atom stereocenters. The Labute approximate surface area is 128 Å². The number of hydrogen-bond acceptors (Lipinski definition) is 3. The molecule has 4 heteroatoms. The van der Waals surface area contributed by atoms with E-state index in [2.05, 4.69) is 22.0 Å². The van der Waals surface area contributed by atoms with E-state index >= 15 is 0 Å². The summed E-state index contributed by atoms with van der Waals surface area (Å²) in [5.41, 5.74) is 1.14. The largest absolute Gasteiger partial charge is 0.369 e. The van der Waals surface area contributed by atoms with Crippen LogP contribution >= 0.6 is 0 Å². The van der Waals surface area contributed by atoms with Crippen molar-refractivity contribution in [1.29, 1.82) is 0 Å². The molecule has 0 saturated carbocycles. The highest BCUT2D eigenvalue weighted by molar-refractivity contribution is 5.46. The highest BCUT2D eigenvalue weighted by Crippen LogP contribution is 2.17. The fraction of sp³-hybridized carbons (Fsp3) is 0.647. The number of anilines is 1. The number of hydrogen-bond donors (Lipinski definition) is 1. The summed E-state index contributed by atoms with van der Waals surface area (Å²) >= 11 is 0. The summed E-state index contributed by atoms with van der Waals surface area (Å²) < 4.78 is 12.9. The molecular weight excluding hydrogens is 265 g/mol. The second-order valence-electron chi connectivity index (χ2n) is 5.72. The quantitative estimate of drug-likeness (QED) is 0.744. The molecule has 1 aromatic rings. The van der Waals surface area contributed by atoms with E-state index in [1.807, 2.05) is 12.1 Å². The molecule has 1 fully saturated rings. The van der Waals surface area contributed by atoms with E-state index in [9.17, 15) is 4.39 Å². The van der Waals surface area contributed by atoms with E-state index in [4.69, 9.17) is 0 Å². The molecule has 0 spiro atoms. The van der Waals surface area contributed by atoms with Crippen LogP contribution in [0.3, 0.4) is 0 Å². The summed E-state index contributed by atoms with van der Waals surface area (Å²) in [5.74, 6) is -0.157. The lowest BCUT2D eigenvalue weighted by Crippen LogP contribution is -2.46. The van der Waals surface area contributed by atoms with Gasteiger partial charge in [0.1, 0.15) is 5.82 Å². The summed E-state index contributed by atoms with van der Waals surface area (Å²) in [7, 11) is 0. The molecule has 2 rings (SSSR count). The standard InChI is InChI=1S/C17H28FN3/c1-2-19-10-4-3-5-11-20-12-14-21(15-13-20)17-8-6-16(18)7-9-17/h6-9,19H,2-5,10-15H2,1H3. The Kier molecular flexibility index (Phi) is 6.96. The number of benzene rings is 1. The second kappa shape index (κ2) is 9.00. The lowest BCUT2D eigenvalue weighted by molar-refractivity contribution is 0.252. The van der Waals surface area contributed by atoms with Gasteiger partial charge in [-0.1, -0.05) is 13.3 Å². The van der Waals surface area contributed by atoms with Gasteiger partial charge in [0, 0.05) is 31.9 Å². The molecule has 1 aliphatic rings. The maximum Gasteiger partial charge on any atom is 0.123 e. The van der Waals surface area contributed by atoms with Gasteiger partial charge in [0.2, 0.25) is 0 Å². The molecule has 0 atom stereocenters. The highest BCUT2D eigenvalue weighted by Gasteiger charge is 2.16. The SMILES string of the molecule is CCNCCCCCN1CCN(c2ccc(F)cc2)CC1. The lowest BCUT2D eigenvalue weighted by atomic mass is 10.2. The van der Waals surface area contributed by atoms with Gasteiger partial charge in [0.15, 0.2) is 0 Å². The van der Waals surface area contributed by atoms with Crippen molar-refractivity contribution in [2.24, 2.45) is 0 Å². The van der Waals surface area contributed by atoms with Crippen LogP contribution in [0.1, 0.15) is 26.2 Å².